The van der Waals surface area contributed by atoms with Gasteiger partial charge in [-0.3, -0.25) is 4.84 Å². The minimum absolute atomic E-state index is 0.137. The fourth-order valence-electron chi connectivity index (χ4n) is 2.37. The highest BCUT2D eigenvalue weighted by molar-refractivity contribution is 7.85. The van der Waals surface area contributed by atoms with E-state index < -0.39 is 20.6 Å². The zero-order valence-electron chi connectivity index (χ0n) is 16.4. The predicted octanol–water partition coefficient (Wildman–Crippen LogP) is 1.91. The van der Waals surface area contributed by atoms with E-state index in [1.54, 1.807) is 28.9 Å². The van der Waals surface area contributed by atoms with Gasteiger partial charge in [-0.25, -0.2) is 4.68 Å². The predicted molar refractivity (Wildman–Crippen MR) is 116 cm³/mol. The molecule has 3 rings (SSSR count). The fourth-order valence-corrected chi connectivity index (χ4v) is 3.26. The molecule has 0 fully saturated rings. The number of rotatable bonds is 6. The van der Waals surface area contributed by atoms with Crippen molar-refractivity contribution in [3.63, 3.8) is 0 Å². The molecule has 0 bridgehead atoms. The van der Waals surface area contributed by atoms with Gasteiger partial charge in [0.25, 0.3) is 0 Å². The van der Waals surface area contributed by atoms with Crippen LogP contribution in [0.5, 0.6) is 11.5 Å². The third-order valence-electron chi connectivity index (χ3n) is 3.48. The van der Waals surface area contributed by atoms with E-state index in [4.69, 9.17) is 16.9 Å². The highest BCUT2D eigenvalue weighted by Gasteiger charge is 2.07. The molecule has 0 saturated carbocycles. The molecule has 1 aromatic heterocycles. The summed E-state index contributed by atoms with van der Waals surface area (Å²) in [6, 6.07) is 14.4. The van der Waals surface area contributed by atoms with Crippen LogP contribution < -0.4 is 23.5 Å². The van der Waals surface area contributed by atoms with Crippen molar-refractivity contribution in [3.8, 4) is 17.2 Å². The quantitative estimate of drug-likeness (QED) is 0.441. The third-order valence-corrected chi connectivity index (χ3v) is 4.55. The van der Waals surface area contributed by atoms with Crippen LogP contribution in [0.15, 0.2) is 54.6 Å². The van der Waals surface area contributed by atoms with Crippen LogP contribution in [0, 0.1) is 13.8 Å². The Bertz CT molecular complexity index is 1230. The summed E-state index contributed by atoms with van der Waals surface area (Å²) < 4.78 is 53.1. The van der Waals surface area contributed by atoms with Crippen LogP contribution in [0.25, 0.3) is 5.69 Å². The largest absolute Gasteiger partial charge is 0.380 e. The van der Waals surface area contributed by atoms with E-state index in [1.807, 2.05) is 19.9 Å². The van der Waals surface area contributed by atoms with Crippen LogP contribution in [0.1, 0.15) is 11.4 Å². The average molecular weight is 490 g/mol. The van der Waals surface area contributed by atoms with Gasteiger partial charge in [-0.1, -0.05) is 0 Å². The number of nitrogens with one attached hydrogen (secondary N) is 1. The second-order valence-corrected chi connectivity index (χ2v) is 8.60. The molecule has 0 atom stereocenters. The van der Waals surface area contributed by atoms with Gasteiger partial charge in [0.05, 0.1) is 11.4 Å². The van der Waals surface area contributed by atoms with Gasteiger partial charge in [-0.15, -0.1) is 0 Å². The molecule has 14 heteroatoms. The van der Waals surface area contributed by atoms with Crippen molar-refractivity contribution in [1.82, 2.24) is 9.78 Å². The number of hydrogen-bond donors (Lipinski definition) is 3. The van der Waals surface area contributed by atoms with Gasteiger partial charge in [0, 0.05) is 23.2 Å². The first-order chi connectivity index (χ1) is 14.4. The molecule has 0 radical (unpaired) electrons. The molecule has 11 nitrogen and oxygen atoms in total. The van der Waals surface area contributed by atoms with Gasteiger partial charge in [0.1, 0.15) is 11.5 Å². The Morgan fingerprint density at radius 2 is 1.32 bits per heavy atom. The zero-order chi connectivity index (χ0) is 23.2. The maximum atomic E-state index is 10.8. The first-order valence-electron chi connectivity index (χ1n) is 8.41. The fraction of sp³-hybridized carbons (Fsp3) is 0.118. The molecule has 1 heterocycles. The van der Waals surface area contributed by atoms with Crippen LogP contribution in [-0.4, -0.2) is 26.6 Å². The zero-order valence-corrected chi connectivity index (χ0v) is 18.8. The third kappa shape index (κ3) is 8.43. The van der Waals surface area contributed by atoms with Gasteiger partial charge in [0.2, 0.25) is 0 Å². The Morgan fingerprint density at radius 1 is 0.871 bits per heavy atom. The summed E-state index contributed by atoms with van der Waals surface area (Å²) in [5, 5.41) is 13.7. The summed E-state index contributed by atoms with van der Waals surface area (Å²) in [6.45, 7) is 3.84. The summed E-state index contributed by atoms with van der Waals surface area (Å²) in [5.74, 6) is 0.306. The van der Waals surface area contributed by atoms with Crippen molar-refractivity contribution in [2.75, 3.05) is 4.84 Å². The van der Waals surface area contributed by atoms with Crippen molar-refractivity contribution in [2.24, 2.45) is 10.3 Å². The van der Waals surface area contributed by atoms with Crippen molar-refractivity contribution in [2.45, 2.75) is 13.8 Å². The highest BCUT2D eigenvalue weighted by Crippen LogP contribution is 2.18. The van der Waals surface area contributed by atoms with E-state index in [-0.39, 0.29) is 11.5 Å². The molecule has 0 saturated heterocycles. The van der Waals surface area contributed by atoms with E-state index >= 15 is 0 Å². The van der Waals surface area contributed by atoms with Gasteiger partial charge in [0.15, 0.2) is 0 Å². The van der Waals surface area contributed by atoms with E-state index in [2.05, 4.69) is 23.4 Å². The maximum Gasteiger partial charge on any atom is 0.380 e. The summed E-state index contributed by atoms with van der Waals surface area (Å²) in [7, 11) is -7.93. The Labute approximate surface area is 185 Å². The van der Waals surface area contributed by atoms with Crippen molar-refractivity contribution < 1.29 is 25.2 Å². The molecule has 2 aromatic carbocycles. The minimum Gasteiger partial charge on any atom is -0.371 e. The Kier molecular flexibility index (Phi) is 7.86. The molecule has 31 heavy (non-hydrogen) atoms. The van der Waals surface area contributed by atoms with Crippen LogP contribution in [-0.2, 0) is 20.6 Å². The lowest BCUT2D eigenvalue weighted by Gasteiger charge is -2.06. The van der Waals surface area contributed by atoms with E-state index in [0.717, 1.165) is 17.1 Å². The van der Waals surface area contributed by atoms with Gasteiger partial charge in [-0.2, -0.15) is 32.2 Å². The van der Waals surface area contributed by atoms with Crippen LogP contribution >= 0.6 is 11.8 Å². The molecule has 5 N–H and O–H groups in total. The average Bonchev–Trinajstić information content (AvgIpc) is 2.99. The lowest BCUT2D eigenvalue weighted by atomic mass is 10.3. The number of aryl methyl sites for hydroxylation is 2. The number of benzene rings is 2. The minimum atomic E-state index is -3.98. The molecule has 0 aliphatic carbocycles. The molecule has 0 spiro atoms. The molecule has 0 amide bonds. The van der Waals surface area contributed by atoms with Crippen LogP contribution in [0.4, 0.5) is 5.69 Å². The summed E-state index contributed by atoms with van der Waals surface area (Å²) in [5.41, 5.74) is 3.36. The van der Waals surface area contributed by atoms with E-state index in [9.17, 15) is 16.8 Å². The monoisotopic (exact) mass is 489 g/mol. The van der Waals surface area contributed by atoms with Crippen molar-refractivity contribution in [3.05, 3.63) is 66.0 Å². The van der Waals surface area contributed by atoms with Crippen molar-refractivity contribution >= 4 is 38.1 Å². The molecule has 168 valence electrons. The maximum absolute atomic E-state index is 10.8. The molecule has 0 unspecified atom stereocenters. The van der Waals surface area contributed by atoms with E-state index in [0.29, 0.717) is 5.69 Å². The number of aromatic nitrogens is 2. The van der Waals surface area contributed by atoms with E-state index in [1.165, 1.54) is 24.3 Å². The molecular weight excluding hydrogens is 470 g/mol. The van der Waals surface area contributed by atoms with Gasteiger partial charge < -0.3 is 8.37 Å². The van der Waals surface area contributed by atoms with Crippen molar-refractivity contribution in [1.29, 1.82) is 0 Å². The first-order valence-corrected chi connectivity index (χ1v) is 11.7. The Morgan fingerprint density at radius 3 is 1.68 bits per heavy atom. The molecule has 3 aromatic rings. The standard InChI is InChI=1S/C11H13N3O3S.C6H7ClN2O3S/c1-8-7-9(2)14(13-8)10-3-5-11(6-4-10)17-18(12,15)16;7-9-5-1-3-6(4-2-5)12-13(8,10)11/h3-7H,1-2H3,(H2,12,15,16);1-4,9H,(H2,8,10,11). The summed E-state index contributed by atoms with van der Waals surface area (Å²) >= 11 is 5.28. The number of nitrogens with zero attached hydrogens (tertiary/aromatic N) is 2. The molecular formula is C17H20ClN5O6S2. The number of halogens is 1. The molecule has 0 aliphatic rings. The highest BCUT2D eigenvalue weighted by atomic mass is 35.5. The van der Waals surface area contributed by atoms with Gasteiger partial charge >= 0.3 is 20.6 Å². The Balaban J connectivity index is 0.000000233. The lowest BCUT2D eigenvalue weighted by Crippen LogP contribution is -2.18. The summed E-state index contributed by atoms with van der Waals surface area (Å²) in [4.78, 5) is 2.35. The smallest absolute Gasteiger partial charge is 0.371 e. The normalized spacial score (nSPS) is 11.3. The van der Waals surface area contributed by atoms with Gasteiger partial charge in [-0.05, 0) is 68.4 Å². The SMILES string of the molecule is Cc1cc(C)n(-c2ccc(OS(N)(=O)=O)cc2)n1.NS(=O)(=O)Oc1ccc(NCl)cc1. The van der Waals surface area contributed by atoms with Crippen LogP contribution in [0.3, 0.4) is 0 Å². The number of nitrogens with two attached hydrogens (primary N) is 2. The molecule has 0 aliphatic heterocycles. The second-order valence-electron chi connectivity index (χ2n) is 6.10. The van der Waals surface area contributed by atoms with Crippen LogP contribution in [0.2, 0.25) is 0 Å². The number of hydrogen-bond acceptors (Lipinski definition) is 8. The topological polar surface area (TPSA) is 169 Å². The summed E-state index contributed by atoms with van der Waals surface area (Å²) in [6.07, 6.45) is 0. The second kappa shape index (κ2) is 9.98. The lowest BCUT2D eigenvalue weighted by molar-refractivity contribution is 0.486. The first kappa shape index (κ1) is 24.4. The Hall–Kier alpha value is -2.84. The number of anilines is 1.